The number of nitrogens with zero attached hydrogens (tertiary/aromatic N) is 1. The standard InChI is InChI=1S/C25H26BrN3O3S/c26-21-6-8-23(9-7-21)28-33(31,32)24-12-10-22(11-13-24)27-25(30)20-14-16-29(17-15-20)18-19-4-2-1-3-5-19/h1-13,20,28H,14-18H2,(H,27,30). The van der Waals surface area contributed by atoms with Crippen LogP contribution in [0.2, 0.25) is 0 Å². The van der Waals surface area contributed by atoms with Crippen molar-refractivity contribution in [1.82, 2.24) is 4.90 Å². The van der Waals surface area contributed by atoms with E-state index in [1.807, 2.05) is 18.2 Å². The minimum Gasteiger partial charge on any atom is -0.326 e. The zero-order valence-electron chi connectivity index (χ0n) is 18.1. The number of hydrogen-bond acceptors (Lipinski definition) is 4. The second kappa shape index (κ2) is 10.5. The predicted molar refractivity (Wildman–Crippen MR) is 134 cm³/mol. The summed E-state index contributed by atoms with van der Waals surface area (Å²) in [5.41, 5.74) is 2.36. The Morgan fingerprint density at radius 1 is 0.879 bits per heavy atom. The zero-order valence-corrected chi connectivity index (χ0v) is 20.5. The molecule has 3 aromatic carbocycles. The number of hydrogen-bond donors (Lipinski definition) is 2. The topological polar surface area (TPSA) is 78.5 Å². The maximum Gasteiger partial charge on any atom is 0.261 e. The van der Waals surface area contributed by atoms with Gasteiger partial charge in [0, 0.05) is 28.3 Å². The minimum absolute atomic E-state index is 0.0158. The van der Waals surface area contributed by atoms with Gasteiger partial charge in [-0.3, -0.25) is 14.4 Å². The molecule has 0 atom stereocenters. The number of rotatable bonds is 7. The highest BCUT2D eigenvalue weighted by atomic mass is 79.9. The fourth-order valence-corrected chi connectivity index (χ4v) is 5.21. The van der Waals surface area contributed by atoms with E-state index in [1.54, 1.807) is 36.4 Å². The first-order chi connectivity index (χ1) is 15.9. The van der Waals surface area contributed by atoms with Gasteiger partial charge in [0.05, 0.1) is 4.90 Å². The van der Waals surface area contributed by atoms with E-state index in [9.17, 15) is 13.2 Å². The molecule has 2 N–H and O–H groups in total. The summed E-state index contributed by atoms with van der Waals surface area (Å²) in [6.45, 7) is 2.66. The Hall–Kier alpha value is -2.68. The molecule has 6 nitrogen and oxygen atoms in total. The smallest absolute Gasteiger partial charge is 0.261 e. The van der Waals surface area contributed by atoms with Crippen LogP contribution in [-0.4, -0.2) is 32.3 Å². The second-order valence-corrected chi connectivity index (χ2v) is 10.8. The van der Waals surface area contributed by atoms with Crippen molar-refractivity contribution in [2.45, 2.75) is 24.3 Å². The third-order valence-corrected chi connectivity index (χ3v) is 7.66. The summed E-state index contributed by atoms with van der Waals surface area (Å²) in [7, 11) is -3.71. The van der Waals surface area contributed by atoms with Crippen LogP contribution in [0.4, 0.5) is 11.4 Å². The van der Waals surface area contributed by atoms with Crippen LogP contribution >= 0.6 is 15.9 Å². The molecule has 0 unspecified atom stereocenters. The summed E-state index contributed by atoms with van der Waals surface area (Å²) in [4.78, 5) is 15.2. The van der Waals surface area contributed by atoms with Crippen molar-refractivity contribution in [3.8, 4) is 0 Å². The number of carbonyl (C=O) groups excluding carboxylic acids is 1. The molecule has 0 saturated carbocycles. The van der Waals surface area contributed by atoms with E-state index in [1.165, 1.54) is 17.7 Å². The van der Waals surface area contributed by atoms with E-state index in [0.717, 1.165) is 36.9 Å². The summed E-state index contributed by atoms with van der Waals surface area (Å²) in [5, 5.41) is 2.93. The summed E-state index contributed by atoms with van der Waals surface area (Å²) < 4.78 is 28.7. The molecule has 0 spiro atoms. The Bertz CT molecular complexity index is 1180. The van der Waals surface area contributed by atoms with Crippen LogP contribution in [0.25, 0.3) is 0 Å². The molecule has 3 aromatic rings. The highest BCUT2D eigenvalue weighted by molar-refractivity contribution is 9.10. The van der Waals surface area contributed by atoms with Crippen LogP contribution in [0.3, 0.4) is 0 Å². The van der Waals surface area contributed by atoms with Crippen molar-refractivity contribution in [3.05, 3.63) is 88.9 Å². The van der Waals surface area contributed by atoms with Crippen molar-refractivity contribution >= 4 is 43.2 Å². The highest BCUT2D eigenvalue weighted by Crippen LogP contribution is 2.23. The molecule has 1 amide bonds. The maximum absolute atomic E-state index is 12.7. The first-order valence-electron chi connectivity index (χ1n) is 10.8. The third kappa shape index (κ3) is 6.43. The number of piperidine rings is 1. The van der Waals surface area contributed by atoms with Gasteiger partial charge >= 0.3 is 0 Å². The molecule has 1 saturated heterocycles. The van der Waals surface area contributed by atoms with E-state index >= 15 is 0 Å². The number of nitrogens with one attached hydrogen (secondary N) is 2. The average Bonchev–Trinajstić information content (AvgIpc) is 2.82. The summed E-state index contributed by atoms with van der Waals surface area (Å²) in [5.74, 6) is -0.0579. The minimum atomic E-state index is -3.71. The number of likely N-dealkylation sites (tertiary alicyclic amines) is 1. The number of halogens is 1. The molecule has 172 valence electrons. The van der Waals surface area contributed by atoms with E-state index in [2.05, 4.69) is 43.0 Å². The molecule has 0 aromatic heterocycles. The molecule has 0 aliphatic carbocycles. The average molecular weight is 528 g/mol. The van der Waals surface area contributed by atoms with Crippen LogP contribution in [-0.2, 0) is 21.4 Å². The molecule has 1 aliphatic rings. The number of carbonyl (C=O) groups is 1. The molecular formula is C25H26BrN3O3S. The summed E-state index contributed by atoms with van der Waals surface area (Å²) in [6.07, 6.45) is 1.62. The monoisotopic (exact) mass is 527 g/mol. The van der Waals surface area contributed by atoms with E-state index in [4.69, 9.17) is 0 Å². The quantitative estimate of drug-likeness (QED) is 0.447. The molecule has 1 heterocycles. The van der Waals surface area contributed by atoms with E-state index < -0.39 is 10.0 Å². The highest BCUT2D eigenvalue weighted by Gasteiger charge is 2.25. The Balaban J connectivity index is 1.29. The third-order valence-electron chi connectivity index (χ3n) is 5.74. The number of benzene rings is 3. The van der Waals surface area contributed by atoms with E-state index in [-0.39, 0.29) is 16.7 Å². The molecule has 4 rings (SSSR count). The van der Waals surface area contributed by atoms with Crippen LogP contribution in [0.15, 0.2) is 88.2 Å². The lowest BCUT2D eigenvalue weighted by Gasteiger charge is -2.31. The van der Waals surface area contributed by atoms with Gasteiger partial charge in [-0.05, 0) is 80.0 Å². The summed E-state index contributed by atoms with van der Waals surface area (Å²) in [6, 6.07) is 23.5. The number of amides is 1. The molecule has 33 heavy (non-hydrogen) atoms. The predicted octanol–water partition coefficient (Wildman–Crippen LogP) is 5.10. The lowest BCUT2D eigenvalue weighted by atomic mass is 9.95. The Kier molecular flexibility index (Phi) is 7.47. The summed E-state index contributed by atoms with van der Waals surface area (Å²) >= 11 is 3.33. The molecular weight excluding hydrogens is 502 g/mol. The number of anilines is 2. The van der Waals surface area contributed by atoms with Crippen molar-refractivity contribution in [2.24, 2.45) is 5.92 Å². The molecule has 1 fully saturated rings. The van der Waals surface area contributed by atoms with Gasteiger partial charge in [-0.1, -0.05) is 46.3 Å². The van der Waals surface area contributed by atoms with Gasteiger partial charge in [0.1, 0.15) is 0 Å². The second-order valence-electron chi connectivity index (χ2n) is 8.16. The molecule has 0 bridgehead atoms. The van der Waals surface area contributed by atoms with Gasteiger partial charge in [0.2, 0.25) is 5.91 Å². The molecule has 0 radical (unpaired) electrons. The SMILES string of the molecule is O=C(Nc1ccc(S(=O)(=O)Nc2ccc(Br)cc2)cc1)C1CCN(Cc2ccccc2)CC1. The van der Waals surface area contributed by atoms with Crippen molar-refractivity contribution in [3.63, 3.8) is 0 Å². The maximum atomic E-state index is 12.7. The fourth-order valence-electron chi connectivity index (χ4n) is 3.89. The van der Waals surface area contributed by atoms with Crippen molar-refractivity contribution < 1.29 is 13.2 Å². The van der Waals surface area contributed by atoms with Gasteiger partial charge < -0.3 is 5.32 Å². The van der Waals surface area contributed by atoms with Crippen LogP contribution in [0, 0.1) is 5.92 Å². The Morgan fingerprint density at radius 3 is 2.12 bits per heavy atom. The van der Waals surface area contributed by atoms with E-state index in [0.29, 0.717) is 11.4 Å². The normalized spacial score (nSPS) is 15.2. The molecule has 1 aliphatic heterocycles. The molecule has 8 heteroatoms. The van der Waals surface area contributed by atoms with Gasteiger partial charge in [-0.15, -0.1) is 0 Å². The van der Waals surface area contributed by atoms with Crippen LogP contribution in [0.5, 0.6) is 0 Å². The Labute approximate surface area is 203 Å². The fraction of sp³-hybridized carbons (Fsp3) is 0.240. The first-order valence-corrected chi connectivity index (χ1v) is 13.1. The van der Waals surface area contributed by atoms with Gasteiger partial charge in [0.15, 0.2) is 0 Å². The van der Waals surface area contributed by atoms with Crippen LogP contribution in [0.1, 0.15) is 18.4 Å². The number of sulfonamides is 1. The Morgan fingerprint density at radius 2 is 1.48 bits per heavy atom. The lowest BCUT2D eigenvalue weighted by molar-refractivity contribution is -0.121. The first kappa shape index (κ1) is 23.5. The van der Waals surface area contributed by atoms with Crippen LogP contribution < -0.4 is 10.0 Å². The van der Waals surface area contributed by atoms with Gasteiger partial charge in [0.25, 0.3) is 10.0 Å². The van der Waals surface area contributed by atoms with Gasteiger partial charge in [-0.2, -0.15) is 0 Å². The zero-order chi connectivity index (χ0) is 23.3. The van der Waals surface area contributed by atoms with Crippen molar-refractivity contribution in [1.29, 1.82) is 0 Å². The lowest BCUT2D eigenvalue weighted by Crippen LogP contribution is -2.37. The largest absolute Gasteiger partial charge is 0.326 e. The van der Waals surface area contributed by atoms with Crippen molar-refractivity contribution in [2.75, 3.05) is 23.1 Å². The van der Waals surface area contributed by atoms with Gasteiger partial charge in [-0.25, -0.2) is 8.42 Å².